The molecule has 11 nitrogen and oxygen atoms in total. The first-order chi connectivity index (χ1) is 17.2. The monoisotopic (exact) mass is 504 g/mol. The first-order valence-electron chi connectivity index (χ1n) is 11.5. The van der Waals surface area contributed by atoms with Crippen molar-refractivity contribution in [2.75, 3.05) is 19.3 Å². The van der Waals surface area contributed by atoms with E-state index in [-0.39, 0.29) is 18.3 Å². The maximum Gasteiger partial charge on any atom is 0.329 e. The minimum Gasteiger partial charge on any atom is -0.293 e. The summed E-state index contributed by atoms with van der Waals surface area (Å²) >= 11 is 0. The number of sulfonamides is 1. The van der Waals surface area contributed by atoms with Gasteiger partial charge < -0.3 is 0 Å². The summed E-state index contributed by atoms with van der Waals surface area (Å²) in [6.07, 6.45) is 7.08. The number of aryl methyl sites for hydroxylation is 2. The topological polar surface area (TPSA) is 121 Å². The number of imidazole rings is 1. The summed E-state index contributed by atoms with van der Waals surface area (Å²) in [5.41, 5.74) is 5.31. The number of fused-ring (bicyclic) bond motifs is 3. The van der Waals surface area contributed by atoms with Crippen LogP contribution in [-0.4, -0.2) is 66.2 Å². The number of hydrogen-bond donors (Lipinski definition) is 0. The Bertz CT molecular complexity index is 1800. The SMILES string of the molecule is Cn1cc(-c2ccc(-c3ccc4ncc5c(c4c3)n([C@H]3CCN(S(C)(=O)=O)C3)c(=O)n5C)cn2)nn1. The van der Waals surface area contributed by atoms with Crippen molar-refractivity contribution < 1.29 is 8.42 Å². The molecular weight excluding hydrogens is 480 g/mol. The fourth-order valence-electron chi connectivity index (χ4n) is 4.95. The van der Waals surface area contributed by atoms with Crippen molar-refractivity contribution in [3.05, 3.63) is 59.4 Å². The van der Waals surface area contributed by atoms with Gasteiger partial charge in [0.2, 0.25) is 10.0 Å². The van der Waals surface area contributed by atoms with Gasteiger partial charge >= 0.3 is 5.69 Å². The Kier molecular flexibility index (Phi) is 5.05. The average Bonchev–Trinajstić information content (AvgIpc) is 3.58. The molecule has 0 amide bonds. The molecule has 0 radical (unpaired) electrons. The van der Waals surface area contributed by atoms with Crippen LogP contribution in [0.4, 0.5) is 0 Å². The molecule has 12 heteroatoms. The molecule has 0 aliphatic carbocycles. The second-order valence-electron chi connectivity index (χ2n) is 9.21. The predicted molar refractivity (Wildman–Crippen MR) is 136 cm³/mol. The van der Waals surface area contributed by atoms with Gasteiger partial charge in [-0.3, -0.25) is 23.8 Å². The van der Waals surface area contributed by atoms with Crippen molar-refractivity contribution in [1.29, 1.82) is 0 Å². The molecule has 36 heavy (non-hydrogen) atoms. The van der Waals surface area contributed by atoms with Gasteiger partial charge in [-0.1, -0.05) is 17.3 Å². The Balaban J connectivity index is 1.48. The van der Waals surface area contributed by atoms with Crippen LogP contribution in [-0.2, 0) is 24.1 Å². The second kappa shape index (κ2) is 8.07. The van der Waals surface area contributed by atoms with Crippen LogP contribution in [0.25, 0.3) is 44.5 Å². The largest absolute Gasteiger partial charge is 0.329 e. The van der Waals surface area contributed by atoms with E-state index in [9.17, 15) is 13.2 Å². The molecule has 0 spiro atoms. The highest BCUT2D eigenvalue weighted by molar-refractivity contribution is 7.88. The summed E-state index contributed by atoms with van der Waals surface area (Å²) in [5.74, 6) is 0. The highest BCUT2D eigenvalue weighted by Crippen LogP contribution is 2.32. The van der Waals surface area contributed by atoms with Gasteiger partial charge in [0.25, 0.3) is 0 Å². The summed E-state index contributed by atoms with van der Waals surface area (Å²) in [4.78, 5) is 22.5. The number of hydrogen-bond acceptors (Lipinski definition) is 7. The number of rotatable bonds is 4. The Morgan fingerprint density at radius 2 is 1.81 bits per heavy atom. The molecular formula is C24H24N8O3S. The van der Waals surface area contributed by atoms with Crippen molar-refractivity contribution in [3.8, 4) is 22.5 Å². The molecule has 1 saturated heterocycles. The van der Waals surface area contributed by atoms with Crippen LogP contribution in [0.2, 0.25) is 0 Å². The first kappa shape index (κ1) is 22.6. The Labute approximate surface area is 206 Å². The Hall–Kier alpha value is -3.90. The third kappa shape index (κ3) is 3.60. The van der Waals surface area contributed by atoms with Crippen LogP contribution in [0.5, 0.6) is 0 Å². The van der Waals surface area contributed by atoms with Crippen LogP contribution < -0.4 is 5.69 Å². The van der Waals surface area contributed by atoms with Crippen LogP contribution in [0.3, 0.4) is 0 Å². The maximum absolute atomic E-state index is 13.3. The Morgan fingerprint density at radius 3 is 2.47 bits per heavy atom. The summed E-state index contributed by atoms with van der Waals surface area (Å²) in [7, 11) is 0.199. The van der Waals surface area contributed by atoms with Crippen molar-refractivity contribution >= 4 is 32.0 Å². The van der Waals surface area contributed by atoms with Crippen molar-refractivity contribution in [2.24, 2.45) is 14.1 Å². The normalized spacial score (nSPS) is 16.9. The van der Waals surface area contributed by atoms with Crippen molar-refractivity contribution in [2.45, 2.75) is 12.5 Å². The maximum atomic E-state index is 13.3. The lowest BCUT2D eigenvalue weighted by Crippen LogP contribution is -2.31. The lowest BCUT2D eigenvalue weighted by atomic mass is 10.0. The van der Waals surface area contributed by atoms with E-state index in [4.69, 9.17) is 0 Å². The highest BCUT2D eigenvalue weighted by atomic mass is 32.2. The zero-order valence-electron chi connectivity index (χ0n) is 20.0. The zero-order chi connectivity index (χ0) is 25.2. The molecule has 184 valence electrons. The van der Waals surface area contributed by atoms with E-state index in [2.05, 4.69) is 20.3 Å². The van der Waals surface area contributed by atoms with Gasteiger partial charge in [0, 0.05) is 44.3 Å². The molecule has 1 aliphatic rings. The van der Waals surface area contributed by atoms with E-state index < -0.39 is 10.0 Å². The van der Waals surface area contributed by atoms with Crippen LogP contribution in [0, 0.1) is 0 Å². The summed E-state index contributed by atoms with van der Waals surface area (Å²) in [6, 6.07) is 9.55. The standard InChI is InChI=1S/C24H24N8O3S/c1-29-14-21(27-28-29)20-7-5-16(11-25-20)15-4-6-19-18(10-15)23-22(12-26-19)30(2)24(33)32(23)17-8-9-31(13-17)36(3,34)35/h4-7,10-12,14,17H,8-9,13H2,1-3H3/t17-/m0/s1. The molecule has 1 atom stereocenters. The lowest BCUT2D eigenvalue weighted by molar-refractivity contribution is 0.454. The van der Waals surface area contributed by atoms with Crippen molar-refractivity contribution in [3.63, 3.8) is 0 Å². The first-order valence-corrected chi connectivity index (χ1v) is 13.3. The van der Waals surface area contributed by atoms with Gasteiger partial charge in [-0.2, -0.15) is 0 Å². The number of nitrogens with zero attached hydrogens (tertiary/aromatic N) is 8. The molecule has 5 aromatic rings. The summed E-state index contributed by atoms with van der Waals surface area (Å²) in [6.45, 7) is 0.666. The predicted octanol–water partition coefficient (Wildman–Crippen LogP) is 1.95. The number of aromatic nitrogens is 7. The fourth-order valence-corrected chi connectivity index (χ4v) is 5.83. The highest BCUT2D eigenvalue weighted by Gasteiger charge is 2.32. The summed E-state index contributed by atoms with van der Waals surface area (Å²) in [5, 5.41) is 8.90. The van der Waals surface area contributed by atoms with E-state index in [1.807, 2.05) is 43.6 Å². The number of benzene rings is 1. The summed E-state index contributed by atoms with van der Waals surface area (Å²) < 4.78 is 30.6. The van der Waals surface area contributed by atoms with E-state index in [1.165, 1.54) is 10.6 Å². The van der Waals surface area contributed by atoms with Crippen LogP contribution in [0.15, 0.2) is 53.7 Å². The van der Waals surface area contributed by atoms with Gasteiger partial charge in [0.15, 0.2) is 0 Å². The van der Waals surface area contributed by atoms with Crippen LogP contribution >= 0.6 is 0 Å². The van der Waals surface area contributed by atoms with E-state index >= 15 is 0 Å². The molecule has 1 aromatic carbocycles. The molecule has 4 aromatic heterocycles. The van der Waals surface area contributed by atoms with Gasteiger partial charge in [-0.15, -0.1) is 5.10 Å². The minimum atomic E-state index is -3.33. The molecule has 0 saturated carbocycles. The number of pyridine rings is 2. The lowest BCUT2D eigenvalue weighted by Gasteiger charge is -2.15. The molecule has 1 fully saturated rings. The van der Waals surface area contributed by atoms with Gasteiger partial charge in [0.05, 0.1) is 46.9 Å². The molecule has 0 N–H and O–H groups in total. The quantitative estimate of drug-likeness (QED) is 0.367. The molecule has 0 unspecified atom stereocenters. The minimum absolute atomic E-state index is 0.181. The third-order valence-electron chi connectivity index (χ3n) is 6.84. The Morgan fingerprint density at radius 1 is 1.00 bits per heavy atom. The third-order valence-corrected chi connectivity index (χ3v) is 8.11. The van der Waals surface area contributed by atoms with Gasteiger partial charge in [-0.25, -0.2) is 17.5 Å². The van der Waals surface area contributed by atoms with Crippen molar-refractivity contribution in [1.82, 2.24) is 38.4 Å². The van der Waals surface area contributed by atoms with Gasteiger partial charge in [-0.05, 0) is 30.2 Å². The van der Waals surface area contributed by atoms with E-state index in [1.54, 1.807) is 33.3 Å². The van der Waals surface area contributed by atoms with Crippen LogP contribution in [0.1, 0.15) is 12.5 Å². The zero-order valence-corrected chi connectivity index (χ0v) is 20.8. The van der Waals surface area contributed by atoms with E-state index in [0.29, 0.717) is 24.2 Å². The molecule has 0 bridgehead atoms. The average molecular weight is 505 g/mol. The molecule has 6 rings (SSSR count). The second-order valence-corrected chi connectivity index (χ2v) is 11.2. The van der Waals surface area contributed by atoms with Gasteiger partial charge in [0.1, 0.15) is 5.69 Å². The molecule has 1 aliphatic heterocycles. The smallest absolute Gasteiger partial charge is 0.293 e. The fraction of sp³-hybridized carbons (Fsp3) is 0.292. The molecule has 5 heterocycles. The van der Waals surface area contributed by atoms with E-state index in [0.717, 1.165) is 33.2 Å².